The topological polar surface area (TPSA) is 58.7 Å². The Kier molecular flexibility index (Phi) is 6.10. The highest BCUT2D eigenvalue weighted by atomic mass is 16.5. The van der Waals surface area contributed by atoms with Crippen LogP contribution in [0.2, 0.25) is 0 Å². The minimum Gasteiger partial charge on any atom is -0.394 e. The molecule has 1 rings (SSSR count). The van der Waals surface area contributed by atoms with E-state index in [1.165, 1.54) is 19.3 Å². The molecule has 0 radical (unpaired) electrons. The van der Waals surface area contributed by atoms with Crippen molar-refractivity contribution in [2.24, 2.45) is 5.73 Å². The first-order chi connectivity index (χ1) is 6.88. The summed E-state index contributed by atoms with van der Waals surface area (Å²) in [7, 11) is 0. The van der Waals surface area contributed by atoms with Crippen molar-refractivity contribution in [3.8, 4) is 0 Å². The lowest BCUT2D eigenvalue weighted by atomic mass is 10.0. The number of nitrogens with zero attached hydrogens (tertiary/aromatic N) is 1. The summed E-state index contributed by atoms with van der Waals surface area (Å²) in [5.74, 6) is 0. The quantitative estimate of drug-likeness (QED) is 0.586. The molecule has 3 N–H and O–H groups in total. The van der Waals surface area contributed by atoms with Crippen LogP contribution >= 0.6 is 0 Å². The van der Waals surface area contributed by atoms with Gasteiger partial charge in [-0.3, -0.25) is 4.90 Å². The number of aliphatic hydroxyl groups is 1. The van der Waals surface area contributed by atoms with Crippen molar-refractivity contribution in [2.75, 3.05) is 39.5 Å². The summed E-state index contributed by atoms with van der Waals surface area (Å²) in [6, 6.07) is 0.543. The van der Waals surface area contributed by atoms with Crippen LogP contribution in [0.4, 0.5) is 0 Å². The Morgan fingerprint density at radius 3 is 2.93 bits per heavy atom. The molecule has 1 fully saturated rings. The largest absolute Gasteiger partial charge is 0.394 e. The number of ether oxygens (including phenoxy) is 1. The third-order valence-corrected chi connectivity index (χ3v) is 2.78. The normalized spacial score (nSPS) is 24.0. The van der Waals surface area contributed by atoms with Gasteiger partial charge in [-0.1, -0.05) is 6.42 Å². The molecule has 0 aromatic rings. The highest BCUT2D eigenvalue weighted by Crippen LogP contribution is 2.15. The first kappa shape index (κ1) is 11.9. The van der Waals surface area contributed by atoms with E-state index in [4.69, 9.17) is 15.6 Å². The standard InChI is InChI=1S/C10H22N2O2/c11-9-10-3-1-2-4-12(10)5-7-14-8-6-13/h10,13H,1-9,11H2. The van der Waals surface area contributed by atoms with Gasteiger partial charge in [-0.15, -0.1) is 0 Å². The van der Waals surface area contributed by atoms with Crippen molar-refractivity contribution in [1.29, 1.82) is 0 Å². The maximum Gasteiger partial charge on any atom is 0.0698 e. The Balaban J connectivity index is 2.13. The number of likely N-dealkylation sites (tertiary alicyclic amines) is 1. The van der Waals surface area contributed by atoms with E-state index in [9.17, 15) is 0 Å². The number of hydrogen-bond donors (Lipinski definition) is 2. The summed E-state index contributed by atoms with van der Waals surface area (Å²) < 4.78 is 5.25. The van der Waals surface area contributed by atoms with Crippen molar-refractivity contribution in [2.45, 2.75) is 25.3 Å². The van der Waals surface area contributed by atoms with Gasteiger partial charge in [0.05, 0.1) is 19.8 Å². The summed E-state index contributed by atoms with van der Waals surface area (Å²) in [6.07, 6.45) is 3.79. The van der Waals surface area contributed by atoms with Crippen LogP contribution in [-0.2, 0) is 4.74 Å². The maximum absolute atomic E-state index is 8.54. The number of aliphatic hydroxyl groups excluding tert-OH is 1. The van der Waals surface area contributed by atoms with Gasteiger partial charge in [0.2, 0.25) is 0 Å². The smallest absolute Gasteiger partial charge is 0.0698 e. The van der Waals surface area contributed by atoms with Crippen LogP contribution in [0.5, 0.6) is 0 Å². The van der Waals surface area contributed by atoms with Crippen LogP contribution < -0.4 is 5.73 Å². The second-order valence-electron chi connectivity index (χ2n) is 3.76. The number of rotatable bonds is 6. The molecule has 0 bridgehead atoms. The summed E-state index contributed by atoms with van der Waals surface area (Å²) >= 11 is 0. The zero-order chi connectivity index (χ0) is 10.2. The number of hydrogen-bond acceptors (Lipinski definition) is 4. The van der Waals surface area contributed by atoms with E-state index < -0.39 is 0 Å². The fraction of sp³-hybridized carbons (Fsp3) is 1.00. The van der Waals surface area contributed by atoms with Crippen molar-refractivity contribution >= 4 is 0 Å². The van der Waals surface area contributed by atoms with Crippen LogP contribution in [0, 0.1) is 0 Å². The lowest BCUT2D eigenvalue weighted by Crippen LogP contribution is -2.45. The van der Waals surface area contributed by atoms with Crippen LogP contribution in [0.25, 0.3) is 0 Å². The predicted octanol–water partition coefficient (Wildman–Crippen LogP) is -0.192. The molecule has 1 aliphatic rings. The fourth-order valence-corrected chi connectivity index (χ4v) is 1.97. The maximum atomic E-state index is 8.54. The lowest BCUT2D eigenvalue weighted by molar-refractivity contribution is 0.0550. The molecule has 0 saturated carbocycles. The lowest BCUT2D eigenvalue weighted by Gasteiger charge is -2.34. The highest BCUT2D eigenvalue weighted by molar-refractivity contribution is 4.77. The molecular formula is C10H22N2O2. The highest BCUT2D eigenvalue weighted by Gasteiger charge is 2.20. The zero-order valence-electron chi connectivity index (χ0n) is 8.82. The first-order valence-electron chi connectivity index (χ1n) is 5.51. The molecule has 0 aliphatic carbocycles. The molecule has 4 heteroatoms. The molecule has 1 aliphatic heterocycles. The van der Waals surface area contributed by atoms with Crippen LogP contribution in [0.3, 0.4) is 0 Å². The minimum atomic E-state index is 0.111. The monoisotopic (exact) mass is 202 g/mol. The van der Waals surface area contributed by atoms with Gasteiger partial charge in [0, 0.05) is 19.1 Å². The SMILES string of the molecule is NCC1CCCCN1CCOCCO. The molecule has 1 atom stereocenters. The minimum absolute atomic E-state index is 0.111. The summed E-state index contributed by atoms with van der Waals surface area (Å²) in [5.41, 5.74) is 5.70. The number of nitrogens with two attached hydrogens (primary N) is 1. The van der Waals surface area contributed by atoms with Crippen molar-refractivity contribution in [3.05, 3.63) is 0 Å². The molecule has 0 aromatic heterocycles. The van der Waals surface area contributed by atoms with Gasteiger partial charge in [0.25, 0.3) is 0 Å². The molecule has 4 nitrogen and oxygen atoms in total. The average Bonchev–Trinajstić information content (AvgIpc) is 2.25. The first-order valence-corrected chi connectivity index (χ1v) is 5.51. The van der Waals surface area contributed by atoms with Gasteiger partial charge >= 0.3 is 0 Å². The van der Waals surface area contributed by atoms with Gasteiger partial charge in [-0.25, -0.2) is 0 Å². The van der Waals surface area contributed by atoms with Crippen molar-refractivity contribution < 1.29 is 9.84 Å². The van der Waals surface area contributed by atoms with E-state index in [1.807, 2.05) is 0 Å². The Morgan fingerprint density at radius 1 is 1.36 bits per heavy atom. The molecular weight excluding hydrogens is 180 g/mol. The molecule has 84 valence electrons. The molecule has 1 heterocycles. The van der Waals surface area contributed by atoms with Gasteiger partial charge in [-0.2, -0.15) is 0 Å². The van der Waals surface area contributed by atoms with Crippen LogP contribution in [-0.4, -0.2) is 55.5 Å². The van der Waals surface area contributed by atoms with E-state index in [2.05, 4.69) is 4.90 Å². The van der Waals surface area contributed by atoms with E-state index in [1.54, 1.807) is 0 Å². The van der Waals surface area contributed by atoms with E-state index in [0.29, 0.717) is 19.3 Å². The summed E-state index contributed by atoms with van der Waals surface area (Å²) in [5, 5.41) is 8.54. The molecule has 0 amide bonds. The van der Waals surface area contributed by atoms with E-state index in [0.717, 1.165) is 19.6 Å². The Labute approximate surface area is 86.0 Å². The Morgan fingerprint density at radius 2 is 2.21 bits per heavy atom. The summed E-state index contributed by atoms with van der Waals surface area (Å²) in [4.78, 5) is 2.40. The van der Waals surface area contributed by atoms with Crippen LogP contribution in [0.1, 0.15) is 19.3 Å². The molecule has 0 aromatic carbocycles. The second-order valence-corrected chi connectivity index (χ2v) is 3.76. The molecule has 1 saturated heterocycles. The Bertz CT molecular complexity index is 144. The van der Waals surface area contributed by atoms with Gasteiger partial charge < -0.3 is 15.6 Å². The molecule has 14 heavy (non-hydrogen) atoms. The Hall–Kier alpha value is -0.160. The van der Waals surface area contributed by atoms with Crippen molar-refractivity contribution in [3.63, 3.8) is 0 Å². The second kappa shape index (κ2) is 7.17. The van der Waals surface area contributed by atoms with Crippen molar-refractivity contribution in [1.82, 2.24) is 4.90 Å². The number of piperidine rings is 1. The van der Waals surface area contributed by atoms with Crippen LogP contribution in [0.15, 0.2) is 0 Å². The average molecular weight is 202 g/mol. The molecule has 1 unspecified atom stereocenters. The fourth-order valence-electron chi connectivity index (χ4n) is 1.97. The van der Waals surface area contributed by atoms with Gasteiger partial charge in [0.15, 0.2) is 0 Å². The zero-order valence-corrected chi connectivity index (χ0v) is 8.82. The molecule has 0 spiro atoms. The van der Waals surface area contributed by atoms with E-state index in [-0.39, 0.29) is 6.61 Å². The van der Waals surface area contributed by atoms with Gasteiger partial charge in [-0.05, 0) is 19.4 Å². The van der Waals surface area contributed by atoms with Gasteiger partial charge in [0.1, 0.15) is 0 Å². The third kappa shape index (κ3) is 3.92. The summed E-state index contributed by atoms with van der Waals surface area (Å²) in [6.45, 7) is 4.10. The predicted molar refractivity (Wildman–Crippen MR) is 56.2 cm³/mol. The third-order valence-electron chi connectivity index (χ3n) is 2.78. The van der Waals surface area contributed by atoms with E-state index >= 15 is 0 Å².